The van der Waals surface area contributed by atoms with Crippen molar-refractivity contribution in [2.45, 2.75) is 49.7 Å². The average molecular weight is 305 g/mol. The first-order valence-corrected chi connectivity index (χ1v) is 8.14. The van der Waals surface area contributed by atoms with Gasteiger partial charge in [0.25, 0.3) is 0 Å². The Bertz CT molecular complexity index is 525. The summed E-state index contributed by atoms with van der Waals surface area (Å²) in [4.78, 5) is 5.82. The van der Waals surface area contributed by atoms with E-state index in [1.165, 1.54) is 0 Å². The maximum atomic E-state index is 10.9. The summed E-state index contributed by atoms with van der Waals surface area (Å²) in [6, 6.07) is 10.0. The molecule has 3 fully saturated rings. The molecule has 1 saturated carbocycles. The predicted octanol–water partition coefficient (Wildman–Crippen LogP) is 1.09. The second-order valence-corrected chi connectivity index (χ2v) is 6.73. The molecule has 5 atom stereocenters. The van der Waals surface area contributed by atoms with Gasteiger partial charge in [-0.05, 0) is 24.8 Å². The molecule has 120 valence electrons. The average Bonchev–Trinajstić information content (AvgIpc) is 3.10. The molecule has 0 unspecified atom stereocenters. The zero-order valence-corrected chi connectivity index (χ0v) is 12.6. The van der Waals surface area contributed by atoms with Crippen LogP contribution in [0.4, 0.5) is 0 Å². The zero-order valence-electron chi connectivity index (χ0n) is 12.6. The molecule has 1 aliphatic carbocycles. The smallest absolute Gasteiger partial charge is 0.121 e. The molecule has 0 radical (unpaired) electrons. The molecule has 4 rings (SSSR count). The van der Waals surface area contributed by atoms with Gasteiger partial charge in [-0.2, -0.15) is 5.06 Å². The summed E-state index contributed by atoms with van der Waals surface area (Å²) in [6.45, 7) is 1.76. The quantitative estimate of drug-likeness (QED) is 0.856. The molecule has 3 aliphatic rings. The highest BCUT2D eigenvalue weighted by molar-refractivity contribution is 5.15. The SMILES string of the molecule is O[C@@H]1CCC[C@@]12OC[C@@H]1CON(Cc3ccccc3)[C@@H]1[C@@H]2O. The second kappa shape index (κ2) is 5.58. The van der Waals surface area contributed by atoms with Crippen LogP contribution in [-0.4, -0.2) is 52.3 Å². The van der Waals surface area contributed by atoms with Crippen LogP contribution in [0, 0.1) is 5.92 Å². The van der Waals surface area contributed by atoms with E-state index in [0.717, 1.165) is 18.4 Å². The molecule has 0 amide bonds. The number of rotatable bonds is 2. The highest BCUT2D eigenvalue weighted by Gasteiger charge is 2.59. The molecular weight excluding hydrogens is 282 g/mol. The first kappa shape index (κ1) is 14.6. The molecule has 22 heavy (non-hydrogen) atoms. The van der Waals surface area contributed by atoms with Gasteiger partial charge in [-0.3, -0.25) is 4.84 Å². The number of fused-ring (bicyclic) bond motifs is 1. The van der Waals surface area contributed by atoms with Crippen LogP contribution >= 0.6 is 0 Å². The Labute approximate surface area is 130 Å². The third-order valence-electron chi connectivity index (χ3n) is 5.45. The fraction of sp³-hybridized carbons (Fsp3) is 0.647. The van der Waals surface area contributed by atoms with Crippen molar-refractivity contribution in [3.63, 3.8) is 0 Å². The van der Waals surface area contributed by atoms with Crippen LogP contribution < -0.4 is 0 Å². The molecule has 1 spiro atoms. The van der Waals surface area contributed by atoms with E-state index < -0.39 is 17.8 Å². The summed E-state index contributed by atoms with van der Waals surface area (Å²) in [5, 5.41) is 23.2. The molecule has 2 saturated heterocycles. The van der Waals surface area contributed by atoms with Gasteiger partial charge in [0.15, 0.2) is 0 Å². The van der Waals surface area contributed by atoms with Gasteiger partial charge in [0.05, 0.1) is 25.4 Å². The van der Waals surface area contributed by atoms with Gasteiger partial charge in [-0.25, -0.2) is 0 Å². The summed E-state index contributed by atoms with van der Waals surface area (Å²) in [7, 11) is 0. The number of hydrogen-bond donors (Lipinski definition) is 2. The van der Waals surface area contributed by atoms with E-state index in [-0.39, 0.29) is 12.0 Å². The van der Waals surface area contributed by atoms with Crippen molar-refractivity contribution in [1.29, 1.82) is 0 Å². The van der Waals surface area contributed by atoms with Gasteiger partial charge in [-0.1, -0.05) is 30.3 Å². The van der Waals surface area contributed by atoms with Crippen molar-refractivity contribution in [1.82, 2.24) is 5.06 Å². The third kappa shape index (κ3) is 2.20. The lowest BCUT2D eigenvalue weighted by atomic mass is 9.80. The molecule has 2 heterocycles. The molecule has 2 aliphatic heterocycles. The summed E-state index contributed by atoms with van der Waals surface area (Å²) >= 11 is 0. The van der Waals surface area contributed by atoms with Crippen LogP contribution in [0.5, 0.6) is 0 Å². The summed E-state index contributed by atoms with van der Waals surface area (Å²) < 4.78 is 5.96. The van der Waals surface area contributed by atoms with Crippen LogP contribution in [0.15, 0.2) is 30.3 Å². The topological polar surface area (TPSA) is 62.2 Å². The number of ether oxygens (including phenoxy) is 1. The minimum absolute atomic E-state index is 0.110. The predicted molar refractivity (Wildman–Crippen MR) is 79.8 cm³/mol. The fourth-order valence-electron chi connectivity index (χ4n) is 4.22. The number of hydrogen-bond acceptors (Lipinski definition) is 5. The molecule has 5 nitrogen and oxygen atoms in total. The Morgan fingerprint density at radius 1 is 1.18 bits per heavy atom. The van der Waals surface area contributed by atoms with E-state index in [2.05, 4.69) is 12.1 Å². The lowest BCUT2D eigenvalue weighted by Gasteiger charge is -2.47. The monoisotopic (exact) mass is 305 g/mol. The van der Waals surface area contributed by atoms with Gasteiger partial charge in [0.2, 0.25) is 0 Å². The lowest BCUT2D eigenvalue weighted by molar-refractivity contribution is -0.241. The second-order valence-electron chi connectivity index (χ2n) is 6.73. The molecule has 5 heteroatoms. The Kier molecular flexibility index (Phi) is 3.71. The van der Waals surface area contributed by atoms with E-state index in [0.29, 0.717) is 26.2 Å². The normalized spacial score (nSPS) is 41.9. The third-order valence-corrected chi connectivity index (χ3v) is 5.45. The first-order chi connectivity index (χ1) is 10.7. The highest BCUT2D eigenvalue weighted by atomic mass is 16.7. The van der Waals surface area contributed by atoms with Crippen LogP contribution in [0.1, 0.15) is 24.8 Å². The zero-order chi connectivity index (χ0) is 15.2. The minimum atomic E-state index is -0.802. The van der Waals surface area contributed by atoms with Gasteiger partial charge < -0.3 is 14.9 Å². The maximum Gasteiger partial charge on any atom is 0.121 e. The number of aliphatic hydroxyl groups excluding tert-OH is 2. The van der Waals surface area contributed by atoms with Gasteiger partial charge in [0.1, 0.15) is 11.7 Å². The summed E-state index contributed by atoms with van der Waals surface area (Å²) in [6.07, 6.45) is 1.03. The molecule has 2 N–H and O–H groups in total. The van der Waals surface area contributed by atoms with E-state index in [9.17, 15) is 10.2 Å². The van der Waals surface area contributed by atoms with Crippen molar-refractivity contribution >= 4 is 0 Å². The van der Waals surface area contributed by atoms with Crippen LogP contribution in [0.25, 0.3) is 0 Å². The van der Waals surface area contributed by atoms with Crippen molar-refractivity contribution in [3.8, 4) is 0 Å². The number of hydroxylamine groups is 2. The number of benzene rings is 1. The van der Waals surface area contributed by atoms with E-state index in [4.69, 9.17) is 9.57 Å². The van der Waals surface area contributed by atoms with Gasteiger partial charge >= 0.3 is 0 Å². The molecule has 1 aromatic carbocycles. The maximum absolute atomic E-state index is 10.9. The summed E-state index contributed by atoms with van der Waals surface area (Å²) in [5.41, 5.74) is 0.354. The Hall–Kier alpha value is -0.980. The molecule has 0 bridgehead atoms. The van der Waals surface area contributed by atoms with Gasteiger partial charge in [0, 0.05) is 12.5 Å². The largest absolute Gasteiger partial charge is 0.390 e. The number of nitrogens with zero attached hydrogens (tertiary/aromatic N) is 1. The molecular formula is C17H23NO4. The van der Waals surface area contributed by atoms with E-state index in [1.54, 1.807) is 0 Å². The van der Waals surface area contributed by atoms with E-state index >= 15 is 0 Å². The minimum Gasteiger partial charge on any atom is -0.390 e. The first-order valence-electron chi connectivity index (χ1n) is 8.14. The Balaban J connectivity index is 1.56. The van der Waals surface area contributed by atoms with Crippen LogP contribution in [0.3, 0.4) is 0 Å². The van der Waals surface area contributed by atoms with Crippen molar-refractivity contribution in [2.75, 3.05) is 13.2 Å². The highest BCUT2D eigenvalue weighted by Crippen LogP contribution is 2.45. The van der Waals surface area contributed by atoms with Crippen LogP contribution in [-0.2, 0) is 16.1 Å². The fourth-order valence-corrected chi connectivity index (χ4v) is 4.22. The van der Waals surface area contributed by atoms with Crippen molar-refractivity contribution < 1.29 is 19.8 Å². The van der Waals surface area contributed by atoms with Crippen molar-refractivity contribution in [2.24, 2.45) is 5.92 Å². The lowest BCUT2D eigenvalue weighted by Crippen LogP contribution is -2.64. The van der Waals surface area contributed by atoms with E-state index in [1.807, 2.05) is 23.3 Å². The van der Waals surface area contributed by atoms with Gasteiger partial charge in [-0.15, -0.1) is 0 Å². The molecule has 1 aromatic rings. The Morgan fingerprint density at radius 3 is 2.73 bits per heavy atom. The molecule has 0 aromatic heterocycles. The standard InChI is InChI=1S/C17H23NO4/c19-14-7-4-8-17(14)16(20)15-13(10-21-17)11-22-18(15)9-12-5-2-1-3-6-12/h1-3,5-6,13-16,19-20H,4,7-11H2/t13-,14-,15+,16+,17-/m1/s1. The summed E-state index contributed by atoms with van der Waals surface area (Å²) in [5.74, 6) is 0.164. The van der Waals surface area contributed by atoms with Crippen molar-refractivity contribution in [3.05, 3.63) is 35.9 Å². The number of aliphatic hydroxyl groups is 2. The van der Waals surface area contributed by atoms with Crippen LogP contribution in [0.2, 0.25) is 0 Å². The Morgan fingerprint density at radius 2 is 2.00 bits per heavy atom.